The Kier molecular flexibility index (Phi) is 10.0. The van der Waals surface area contributed by atoms with Crippen molar-refractivity contribution >= 4 is 16.9 Å². The Labute approximate surface area is 225 Å². The smallest absolute Gasteiger partial charge is 0.248 e. The van der Waals surface area contributed by atoms with Gasteiger partial charge in [0.1, 0.15) is 23.3 Å². The van der Waals surface area contributed by atoms with E-state index in [2.05, 4.69) is 9.80 Å². The van der Waals surface area contributed by atoms with Crippen LogP contribution in [0.25, 0.3) is 0 Å². The second-order valence-corrected chi connectivity index (χ2v) is 12.7. The standard InChI is InChI=1S/C28H46N4O4S/c1-21-16-26(35-5)17-22(2)28(21)37(34)29(3)14-15-36-20-27(33)30(4)25-10-13-32(19-25)24-8-11-31(12-9-24)18-23-6-7-23/h16-17,23-25H,6-15,18-20H2,1-5H3. The number of ether oxygens (including phenoxy) is 2. The highest BCUT2D eigenvalue weighted by molar-refractivity contribution is 7.82. The Morgan fingerprint density at radius 1 is 1.05 bits per heavy atom. The summed E-state index contributed by atoms with van der Waals surface area (Å²) in [6, 6.07) is 4.73. The first-order valence-corrected chi connectivity index (χ1v) is 15.0. The van der Waals surface area contributed by atoms with Gasteiger partial charge < -0.3 is 19.3 Å². The average Bonchev–Trinajstić information content (AvgIpc) is 3.57. The molecule has 1 aliphatic carbocycles. The second-order valence-electron chi connectivity index (χ2n) is 11.2. The van der Waals surface area contributed by atoms with E-state index in [9.17, 15) is 9.00 Å². The van der Waals surface area contributed by atoms with Crippen LogP contribution >= 0.6 is 0 Å². The van der Waals surface area contributed by atoms with Gasteiger partial charge in [-0.3, -0.25) is 9.69 Å². The Balaban J connectivity index is 1.15. The molecule has 0 radical (unpaired) electrons. The zero-order valence-electron chi connectivity index (χ0n) is 23.4. The van der Waals surface area contributed by atoms with Crippen LogP contribution in [0.2, 0.25) is 0 Å². The fraction of sp³-hybridized carbons (Fsp3) is 0.750. The minimum absolute atomic E-state index is 0.0247. The molecular formula is C28H46N4O4S. The number of methoxy groups -OCH3 is 1. The van der Waals surface area contributed by atoms with E-state index in [0.717, 1.165) is 47.2 Å². The van der Waals surface area contributed by atoms with Crippen molar-refractivity contribution in [2.45, 2.75) is 62.9 Å². The Morgan fingerprint density at radius 2 is 1.73 bits per heavy atom. The van der Waals surface area contributed by atoms with E-state index in [1.165, 1.54) is 45.3 Å². The molecule has 37 heavy (non-hydrogen) atoms. The van der Waals surface area contributed by atoms with Crippen LogP contribution in [0.3, 0.4) is 0 Å². The molecule has 1 amide bonds. The maximum absolute atomic E-state index is 13.1. The zero-order valence-corrected chi connectivity index (χ0v) is 24.2. The zero-order chi connectivity index (χ0) is 26.5. The molecule has 2 aliphatic heterocycles. The van der Waals surface area contributed by atoms with Gasteiger partial charge in [-0.2, -0.15) is 0 Å². The van der Waals surface area contributed by atoms with Crippen LogP contribution in [0, 0.1) is 19.8 Å². The fourth-order valence-corrected chi connectivity index (χ4v) is 6.97. The minimum Gasteiger partial charge on any atom is -0.497 e. The summed E-state index contributed by atoms with van der Waals surface area (Å²) in [6.07, 6.45) is 6.40. The van der Waals surface area contributed by atoms with Gasteiger partial charge in [0.15, 0.2) is 0 Å². The van der Waals surface area contributed by atoms with E-state index in [1.807, 2.05) is 45.0 Å². The summed E-state index contributed by atoms with van der Waals surface area (Å²) in [5, 5.41) is 0. The lowest BCUT2D eigenvalue weighted by atomic mass is 10.0. The van der Waals surface area contributed by atoms with E-state index in [4.69, 9.17) is 9.47 Å². The first-order chi connectivity index (χ1) is 17.8. The van der Waals surface area contributed by atoms with Gasteiger partial charge in [-0.05, 0) is 88.2 Å². The molecule has 4 rings (SSSR count). The molecule has 1 aromatic rings. The summed E-state index contributed by atoms with van der Waals surface area (Å²) < 4.78 is 25.9. The summed E-state index contributed by atoms with van der Waals surface area (Å²) in [5.41, 5.74) is 1.88. The number of hydrogen-bond acceptors (Lipinski definition) is 6. The average molecular weight is 535 g/mol. The van der Waals surface area contributed by atoms with E-state index in [0.29, 0.717) is 19.2 Å². The first kappa shape index (κ1) is 28.5. The second kappa shape index (κ2) is 13.0. The van der Waals surface area contributed by atoms with Crippen LogP contribution in [0.15, 0.2) is 17.0 Å². The number of aryl methyl sites for hydroxylation is 2. The third-order valence-corrected chi connectivity index (χ3v) is 10.1. The van der Waals surface area contributed by atoms with Crippen LogP contribution < -0.4 is 4.74 Å². The van der Waals surface area contributed by atoms with Gasteiger partial charge >= 0.3 is 0 Å². The summed E-state index contributed by atoms with van der Waals surface area (Å²) in [6.45, 7) is 10.6. The molecule has 0 aromatic heterocycles. The van der Waals surface area contributed by atoms with Crippen molar-refractivity contribution in [3.63, 3.8) is 0 Å². The fourth-order valence-electron chi connectivity index (χ4n) is 5.75. The number of carbonyl (C=O) groups is 1. The molecule has 0 N–H and O–H groups in total. The van der Waals surface area contributed by atoms with Gasteiger partial charge in [0.2, 0.25) is 5.91 Å². The summed E-state index contributed by atoms with van der Waals surface area (Å²) in [4.78, 5) is 20.8. The number of hydrogen-bond donors (Lipinski definition) is 0. The lowest BCUT2D eigenvalue weighted by molar-refractivity contribution is -0.136. The molecule has 2 saturated heterocycles. The van der Waals surface area contributed by atoms with Gasteiger partial charge in [-0.25, -0.2) is 8.51 Å². The predicted molar refractivity (Wildman–Crippen MR) is 147 cm³/mol. The van der Waals surface area contributed by atoms with Crippen LogP contribution in [-0.4, -0.2) is 115 Å². The molecule has 0 bridgehead atoms. The molecule has 1 aromatic carbocycles. The molecule has 8 nitrogen and oxygen atoms in total. The maximum Gasteiger partial charge on any atom is 0.248 e. The van der Waals surface area contributed by atoms with E-state index in [1.54, 1.807) is 11.4 Å². The summed E-state index contributed by atoms with van der Waals surface area (Å²) >= 11 is 0. The van der Waals surface area contributed by atoms with Crippen LogP contribution in [0.5, 0.6) is 5.75 Å². The van der Waals surface area contributed by atoms with Crippen LogP contribution in [0.1, 0.15) is 43.2 Å². The van der Waals surface area contributed by atoms with Crippen molar-refractivity contribution < 1.29 is 18.5 Å². The Bertz CT molecular complexity index is 925. The third kappa shape index (κ3) is 7.53. The Hall–Kier alpha value is -1.52. The number of likely N-dealkylation sites (tertiary alicyclic amines) is 2. The number of amides is 1. The molecule has 2 unspecified atom stereocenters. The lowest BCUT2D eigenvalue weighted by Crippen LogP contribution is -2.46. The minimum atomic E-state index is -1.30. The number of piperidine rings is 1. The number of nitrogens with zero attached hydrogens (tertiary/aromatic N) is 4. The summed E-state index contributed by atoms with van der Waals surface area (Å²) in [7, 11) is 4.06. The van der Waals surface area contributed by atoms with Crippen molar-refractivity contribution in [3.05, 3.63) is 23.3 Å². The monoisotopic (exact) mass is 534 g/mol. The van der Waals surface area contributed by atoms with E-state index >= 15 is 0 Å². The molecule has 0 spiro atoms. The molecule has 3 aliphatic rings. The Morgan fingerprint density at radius 3 is 2.35 bits per heavy atom. The number of carbonyl (C=O) groups excluding carboxylic acids is 1. The number of rotatable bonds is 12. The largest absolute Gasteiger partial charge is 0.497 e. The highest BCUT2D eigenvalue weighted by atomic mass is 32.2. The van der Waals surface area contributed by atoms with E-state index in [-0.39, 0.29) is 18.6 Å². The van der Waals surface area contributed by atoms with Gasteiger partial charge in [0.25, 0.3) is 0 Å². The summed E-state index contributed by atoms with van der Waals surface area (Å²) in [5.74, 6) is 1.76. The SMILES string of the molecule is COc1cc(C)c(S(=O)N(C)CCOCC(=O)N(C)C2CCN(C3CCN(CC4CC4)CC3)C2)c(C)c1. The molecule has 3 fully saturated rings. The molecule has 9 heteroatoms. The number of likely N-dealkylation sites (N-methyl/N-ethyl adjacent to an activating group) is 2. The predicted octanol–water partition coefficient (Wildman–Crippen LogP) is 2.69. The highest BCUT2D eigenvalue weighted by Gasteiger charge is 2.34. The van der Waals surface area contributed by atoms with Gasteiger partial charge in [-0.15, -0.1) is 0 Å². The third-order valence-electron chi connectivity index (χ3n) is 8.33. The van der Waals surface area contributed by atoms with Crippen molar-refractivity contribution in [1.82, 2.24) is 19.0 Å². The van der Waals surface area contributed by atoms with Crippen molar-refractivity contribution in [2.75, 3.05) is 73.7 Å². The first-order valence-electron chi connectivity index (χ1n) is 13.8. The quantitative estimate of drug-likeness (QED) is 0.384. The highest BCUT2D eigenvalue weighted by Crippen LogP contribution is 2.31. The molecule has 2 heterocycles. The van der Waals surface area contributed by atoms with Crippen LogP contribution in [0.4, 0.5) is 0 Å². The molecule has 208 valence electrons. The van der Waals surface area contributed by atoms with E-state index < -0.39 is 11.0 Å². The molecule has 2 atom stereocenters. The molecule has 1 saturated carbocycles. The number of benzene rings is 1. The van der Waals surface area contributed by atoms with Crippen LogP contribution in [-0.2, 0) is 20.5 Å². The van der Waals surface area contributed by atoms with Gasteiger partial charge in [0.05, 0.1) is 18.6 Å². The normalized spacial score (nSPS) is 22.5. The topological polar surface area (TPSA) is 65.6 Å². The van der Waals surface area contributed by atoms with Gasteiger partial charge in [0, 0.05) is 52.4 Å². The lowest BCUT2D eigenvalue weighted by Gasteiger charge is -2.37. The van der Waals surface area contributed by atoms with Crippen molar-refractivity contribution in [2.24, 2.45) is 5.92 Å². The van der Waals surface area contributed by atoms with Crippen molar-refractivity contribution in [1.29, 1.82) is 0 Å². The molecular weight excluding hydrogens is 488 g/mol. The maximum atomic E-state index is 13.1. The van der Waals surface area contributed by atoms with Gasteiger partial charge in [-0.1, -0.05) is 0 Å². The van der Waals surface area contributed by atoms with Crippen molar-refractivity contribution in [3.8, 4) is 5.75 Å².